The van der Waals surface area contributed by atoms with Gasteiger partial charge in [-0.15, -0.1) is 0 Å². The van der Waals surface area contributed by atoms with Crippen molar-refractivity contribution >= 4 is 17.7 Å². The van der Waals surface area contributed by atoms with Crippen LogP contribution in [0.15, 0.2) is 18.2 Å². The standard InChI is InChI=1S/C24H33NO6/c1-4-25(14-16-9-10-20(30-5-2)21(11-16)29-3)22(26)15-31-24(28)19-12-17-7-6-8-18(13-19)23(17)27/h9-11,17-19H,4-8,12-15H2,1-3H3/t17-,18+,19?. The summed E-state index contributed by atoms with van der Waals surface area (Å²) in [7, 11) is 1.58. The van der Waals surface area contributed by atoms with Gasteiger partial charge in [-0.2, -0.15) is 0 Å². The number of nitrogens with zero attached hydrogens (tertiary/aromatic N) is 1. The number of carbonyl (C=O) groups is 3. The molecule has 0 aromatic heterocycles. The lowest BCUT2D eigenvalue weighted by atomic mass is 9.67. The monoisotopic (exact) mass is 431 g/mol. The van der Waals surface area contributed by atoms with Crippen LogP contribution < -0.4 is 9.47 Å². The van der Waals surface area contributed by atoms with E-state index in [0.717, 1.165) is 24.8 Å². The van der Waals surface area contributed by atoms with Crippen molar-refractivity contribution in [2.75, 3.05) is 26.9 Å². The van der Waals surface area contributed by atoms with Crippen LogP contribution in [0.25, 0.3) is 0 Å². The minimum Gasteiger partial charge on any atom is -0.493 e. The van der Waals surface area contributed by atoms with Crippen LogP contribution in [-0.2, 0) is 25.7 Å². The molecule has 2 aliphatic rings. The number of benzene rings is 1. The first-order chi connectivity index (χ1) is 15.0. The van der Waals surface area contributed by atoms with Crippen LogP contribution in [0.1, 0.15) is 51.5 Å². The van der Waals surface area contributed by atoms with Gasteiger partial charge in [0, 0.05) is 24.9 Å². The molecular weight excluding hydrogens is 398 g/mol. The largest absolute Gasteiger partial charge is 0.493 e. The fraction of sp³-hybridized carbons (Fsp3) is 0.625. The summed E-state index contributed by atoms with van der Waals surface area (Å²) in [4.78, 5) is 39.1. The molecule has 2 saturated carbocycles. The fourth-order valence-electron chi connectivity index (χ4n) is 4.70. The Hall–Kier alpha value is -2.57. The van der Waals surface area contributed by atoms with Gasteiger partial charge in [-0.3, -0.25) is 14.4 Å². The van der Waals surface area contributed by atoms with Crippen molar-refractivity contribution in [1.82, 2.24) is 4.90 Å². The van der Waals surface area contributed by atoms with Gasteiger partial charge in [-0.05, 0) is 57.2 Å². The zero-order valence-corrected chi connectivity index (χ0v) is 18.7. The van der Waals surface area contributed by atoms with Crippen LogP contribution >= 0.6 is 0 Å². The molecule has 0 heterocycles. The molecule has 1 unspecified atom stereocenters. The molecule has 1 amide bonds. The normalized spacial score (nSPS) is 22.5. The van der Waals surface area contributed by atoms with Crippen LogP contribution in [0.2, 0.25) is 0 Å². The first-order valence-electron chi connectivity index (χ1n) is 11.2. The lowest BCUT2D eigenvalue weighted by molar-refractivity contribution is -0.159. The Labute approximate surface area is 184 Å². The summed E-state index contributed by atoms with van der Waals surface area (Å²) in [5, 5.41) is 0. The minimum atomic E-state index is -0.350. The number of methoxy groups -OCH3 is 1. The fourth-order valence-corrected chi connectivity index (χ4v) is 4.70. The highest BCUT2D eigenvalue weighted by Crippen LogP contribution is 2.40. The molecule has 31 heavy (non-hydrogen) atoms. The quantitative estimate of drug-likeness (QED) is 0.558. The number of fused-ring (bicyclic) bond motifs is 2. The highest BCUT2D eigenvalue weighted by Gasteiger charge is 2.41. The summed E-state index contributed by atoms with van der Waals surface area (Å²) < 4.78 is 16.3. The lowest BCUT2D eigenvalue weighted by Crippen LogP contribution is -2.40. The maximum atomic E-state index is 12.7. The number of ketones is 1. The molecule has 0 saturated heterocycles. The van der Waals surface area contributed by atoms with Crippen molar-refractivity contribution < 1.29 is 28.6 Å². The molecule has 3 rings (SSSR count). The van der Waals surface area contributed by atoms with Gasteiger partial charge in [0.05, 0.1) is 19.6 Å². The number of esters is 1. The lowest BCUT2D eigenvalue weighted by Gasteiger charge is -2.36. The van der Waals surface area contributed by atoms with Crippen molar-refractivity contribution in [3.8, 4) is 11.5 Å². The molecule has 2 bridgehead atoms. The average Bonchev–Trinajstić information content (AvgIpc) is 2.76. The van der Waals surface area contributed by atoms with E-state index in [2.05, 4.69) is 0 Å². The molecule has 7 heteroatoms. The van der Waals surface area contributed by atoms with Gasteiger partial charge in [0.15, 0.2) is 18.1 Å². The van der Waals surface area contributed by atoms with Crippen LogP contribution in [0.3, 0.4) is 0 Å². The Kier molecular flexibility index (Phi) is 7.93. The average molecular weight is 432 g/mol. The van der Waals surface area contributed by atoms with Crippen molar-refractivity contribution in [1.29, 1.82) is 0 Å². The second-order valence-corrected chi connectivity index (χ2v) is 8.33. The van der Waals surface area contributed by atoms with E-state index >= 15 is 0 Å². The van der Waals surface area contributed by atoms with Crippen molar-refractivity contribution in [2.45, 2.75) is 52.5 Å². The van der Waals surface area contributed by atoms with Gasteiger partial charge < -0.3 is 19.1 Å². The van der Waals surface area contributed by atoms with Crippen LogP contribution in [0.5, 0.6) is 11.5 Å². The van der Waals surface area contributed by atoms with E-state index < -0.39 is 0 Å². The first-order valence-corrected chi connectivity index (χ1v) is 11.2. The zero-order valence-electron chi connectivity index (χ0n) is 18.7. The summed E-state index contributed by atoms with van der Waals surface area (Å²) >= 11 is 0. The third-order valence-electron chi connectivity index (χ3n) is 6.35. The van der Waals surface area contributed by atoms with Crippen LogP contribution in [-0.4, -0.2) is 49.4 Å². The molecule has 3 atom stereocenters. The highest BCUT2D eigenvalue weighted by atomic mass is 16.5. The number of Topliss-reactive ketones (excluding diaryl/α,β-unsaturated/α-hetero) is 1. The Morgan fingerprint density at radius 2 is 1.81 bits per heavy atom. The maximum absolute atomic E-state index is 12.7. The molecule has 1 aromatic carbocycles. The van der Waals surface area contributed by atoms with Crippen LogP contribution in [0.4, 0.5) is 0 Å². The number of hydrogen-bond donors (Lipinski definition) is 0. The van der Waals surface area contributed by atoms with E-state index in [0.29, 0.717) is 49.8 Å². The predicted molar refractivity (Wildman–Crippen MR) is 115 cm³/mol. The molecule has 0 spiro atoms. The Morgan fingerprint density at radius 3 is 2.42 bits per heavy atom. The summed E-state index contributed by atoms with van der Waals surface area (Å²) in [6.45, 7) is 4.94. The highest BCUT2D eigenvalue weighted by molar-refractivity contribution is 5.88. The van der Waals surface area contributed by atoms with Gasteiger partial charge in [-0.25, -0.2) is 0 Å². The Morgan fingerprint density at radius 1 is 1.10 bits per heavy atom. The summed E-state index contributed by atoms with van der Waals surface area (Å²) in [5.74, 6) is 0.706. The minimum absolute atomic E-state index is 0.0115. The number of hydrogen-bond acceptors (Lipinski definition) is 6. The van der Waals surface area contributed by atoms with Crippen LogP contribution in [0, 0.1) is 17.8 Å². The Balaban J connectivity index is 1.54. The predicted octanol–water partition coefficient (Wildman–Crippen LogP) is 3.38. The van der Waals surface area contributed by atoms with Gasteiger partial charge >= 0.3 is 5.97 Å². The van der Waals surface area contributed by atoms with E-state index in [9.17, 15) is 14.4 Å². The van der Waals surface area contributed by atoms with E-state index in [1.165, 1.54) is 0 Å². The van der Waals surface area contributed by atoms with Crippen molar-refractivity contribution in [3.05, 3.63) is 23.8 Å². The molecule has 7 nitrogen and oxygen atoms in total. The number of amides is 1. The summed E-state index contributed by atoms with van der Waals surface area (Å²) in [6, 6.07) is 5.58. The smallest absolute Gasteiger partial charge is 0.309 e. The molecule has 2 fully saturated rings. The van der Waals surface area contributed by atoms with E-state index in [4.69, 9.17) is 14.2 Å². The topological polar surface area (TPSA) is 82.1 Å². The summed E-state index contributed by atoms with van der Waals surface area (Å²) in [5.41, 5.74) is 0.903. The van der Waals surface area contributed by atoms with Gasteiger partial charge in [-0.1, -0.05) is 12.5 Å². The second-order valence-electron chi connectivity index (χ2n) is 8.33. The molecule has 0 N–H and O–H groups in total. The van der Waals surface area contributed by atoms with Crippen molar-refractivity contribution in [2.24, 2.45) is 17.8 Å². The number of carbonyl (C=O) groups excluding carboxylic acids is 3. The third kappa shape index (κ3) is 5.57. The molecule has 0 radical (unpaired) electrons. The third-order valence-corrected chi connectivity index (χ3v) is 6.35. The van der Waals surface area contributed by atoms with Crippen molar-refractivity contribution in [3.63, 3.8) is 0 Å². The zero-order chi connectivity index (χ0) is 22.4. The molecule has 0 aliphatic heterocycles. The number of likely N-dealkylation sites (N-methyl/N-ethyl adjacent to an activating group) is 1. The van der Waals surface area contributed by atoms with E-state index in [1.54, 1.807) is 12.0 Å². The second kappa shape index (κ2) is 10.6. The SMILES string of the molecule is CCOc1ccc(CN(CC)C(=O)COC(=O)C2C[C@H]3CCC[C@@H](C2)C3=O)cc1OC. The molecule has 170 valence electrons. The van der Waals surface area contributed by atoms with Gasteiger partial charge in [0.1, 0.15) is 5.78 Å². The van der Waals surface area contributed by atoms with Gasteiger partial charge in [0.25, 0.3) is 5.91 Å². The molecule has 2 aliphatic carbocycles. The summed E-state index contributed by atoms with van der Waals surface area (Å²) in [6.07, 6.45) is 3.92. The maximum Gasteiger partial charge on any atom is 0.309 e. The van der Waals surface area contributed by atoms with E-state index in [1.807, 2.05) is 32.0 Å². The number of rotatable bonds is 9. The molecule has 1 aromatic rings. The molecular formula is C24H33NO6. The first kappa shape index (κ1) is 23.1. The van der Waals surface area contributed by atoms with E-state index in [-0.39, 0.29) is 36.2 Å². The number of ether oxygens (including phenoxy) is 3. The van der Waals surface area contributed by atoms with Gasteiger partial charge in [0.2, 0.25) is 0 Å². The Bertz CT molecular complexity index is 791.